The number of carbonyl (C=O) groups excluding carboxylic acids is 1. The van der Waals surface area contributed by atoms with Gasteiger partial charge in [0.05, 0.1) is 6.42 Å². The van der Waals surface area contributed by atoms with E-state index < -0.39 is 0 Å². The van der Waals surface area contributed by atoms with E-state index in [4.69, 9.17) is 0 Å². The summed E-state index contributed by atoms with van der Waals surface area (Å²) in [6, 6.07) is 14.4. The van der Waals surface area contributed by atoms with Crippen molar-refractivity contribution in [1.29, 1.82) is 0 Å². The second-order valence-electron chi connectivity index (χ2n) is 4.26. The van der Waals surface area contributed by atoms with Crippen molar-refractivity contribution >= 4 is 11.6 Å². The lowest BCUT2D eigenvalue weighted by Crippen LogP contribution is -2.14. The van der Waals surface area contributed by atoms with E-state index in [9.17, 15) is 9.90 Å². The van der Waals surface area contributed by atoms with E-state index >= 15 is 0 Å². The number of carbonyl (C=O) groups is 1. The average Bonchev–Trinajstić information content (AvgIpc) is 2.28. The van der Waals surface area contributed by atoms with Crippen LogP contribution in [-0.2, 0) is 11.2 Å². The van der Waals surface area contributed by atoms with Crippen LogP contribution >= 0.6 is 0 Å². The molecule has 0 radical (unpaired) electrons. The van der Waals surface area contributed by atoms with Crippen molar-refractivity contribution in [2.24, 2.45) is 0 Å². The van der Waals surface area contributed by atoms with Gasteiger partial charge in [-0.25, -0.2) is 0 Å². The third kappa shape index (κ3) is 3.35. The molecule has 0 fully saturated rings. The van der Waals surface area contributed by atoms with Gasteiger partial charge in [0.1, 0.15) is 5.75 Å². The third-order valence-electron chi connectivity index (χ3n) is 2.58. The van der Waals surface area contributed by atoms with Crippen LogP contribution < -0.4 is 5.32 Å². The Bertz CT molecular complexity index is 514. The zero-order valence-corrected chi connectivity index (χ0v) is 10.2. The maximum atomic E-state index is 11.8. The first kappa shape index (κ1) is 12.2. The summed E-state index contributed by atoms with van der Waals surface area (Å²) in [5.41, 5.74) is 2.69. The van der Waals surface area contributed by atoms with Crippen LogP contribution in [0, 0.1) is 6.92 Å². The molecular formula is C15H15NO2. The number of hydrogen-bond donors (Lipinski definition) is 2. The fraction of sp³-hybridized carbons (Fsp3) is 0.133. The van der Waals surface area contributed by atoms with Gasteiger partial charge >= 0.3 is 0 Å². The number of hydrogen-bond acceptors (Lipinski definition) is 2. The monoisotopic (exact) mass is 241 g/mol. The van der Waals surface area contributed by atoms with Gasteiger partial charge < -0.3 is 10.4 Å². The summed E-state index contributed by atoms with van der Waals surface area (Å²) in [5.74, 6) is 0.0852. The number of benzene rings is 2. The van der Waals surface area contributed by atoms with Gasteiger partial charge in [-0.1, -0.05) is 24.3 Å². The van der Waals surface area contributed by atoms with Crippen LogP contribution in [0.1, 0.15) is 11.1 Å². The number of rotatable bonds is 3. The van der Waals surface area contributed by atoms with Crippen LogP contribution in [0.4, 0.5) is 5.69 Å². The Balaban J connectivity index is 2.01. The number of aromatic hydroxyl groups is 1. The minimum Gasteiger partial charge on any atom is -0.508 e. The molecular weight excluding hydrogens is 226 g/mol. The van der Waals surface area contributed by atoms with Crippen molar-refractivity contribution < 1.29 is 9.90 Å². The molecule has 0 heterocycles. The van der Waals surface area contributed by atoms with Gasteiger partial charge in [0.25, 0.3) is 0 Å². The summed E-state index contributed by atoms with van der Waals surface area (Å²) in [6.45, 7) is 1.98. The Labute approximate surface area is 106 Å². The van der Waals surface area contributed by atoms with E-state index in [-0.39, 0.29) is 18.1 Å². The second kappa shape index (κ2) is 5.36. The van der Waals surface area contributed by atoms with Gasteiger partial charge in [-0.05, 0) is 42.3 Å². The smallest absolute Gasteiger partial charge is 0.228 e. The molecule has 18 heavy (non-hydrogen) atoms. The van der Waals surface area contributed by atoms with Crippen molar-refractivity contribution in [2.75, 3.05) is 5.32 Å². The highest BCUT2D eigenvalue weighted by atomic mass is 16.3. The number of aryl methyl sites for hydroxylation is 1. The normalized spacial score (nSPS) is 10.1. The number of anilines is 1. The summed E-state index contributed by atoms with van der Waals surface area (Å²) in [6.07, 6.45) is 0.252. The number of phenols is 1. The van der Waals surface area contributed by atoms with Crippen molar-refractivity contribution in [2.45, 2.75) is 13.3 Å². The molecule has 92 valence electrons. The molecule has 1 amide bonds. The lowest BCUT2D eigenvalue weighted by atomic mass is 10.1. The van der Waals surface area contributed by atoms with Gasteiger partial charge in [0.15, 0.2) is 0 Å². The lowest BCUT2D eigenvalue weighted by molar-refractivity contribution is -0.115. The minimum absolute atomic E-state index is 0.0915. The highest BCUT2D eigenvalue weighted by molar-refractivity contribution is 5.92. The Hall–Kier alpha value is -2.29. The molecule has 0 atom stereocenters. The van der Waals surface area contributed by atoms with Crippen LogP contribution in [-0.4, -0.2) is 11.0 Å². The first-order chi connectivity index (χ1) is 8.63. The van der Waals surface area contributed by atoms with Crippen molar-refractivity contribution in [1.82, 2.24) is 0 Å². The molecule has 2 aromatic carbocycles. The first-order valence-electron chi connectivity index (χ1n) is 5.78. The van der Waals surface area contributed by atoms with Crippen molar-refractivity contribution in [3.8, 4) is 5.75 Å². The molecule has 0 saturated carbocycles. The highest BCUT2D eigenvalue weighted by Crippen LogP contribution is 2.13. The van der Waals surface area contributed by atoms with E-state index in [0.29, 0.717) is 0 Å². The summed E-state index contributed by atoms with van der Waals surface area (Å²) in [7, 11) is 0. The highest BCUT2D eigenvalue weighted by Gasteiger charge is 2.04. The summed E-state index contributed by atoms with van der Waals surface area (Å²) < 4.78 is 0. The van der Waals surface area contributed by atoms with Gasteiger partial charge in [-0.3, -0.25) is 4.79 Å². The predicted octanol–water partition coefficient (Wildman–Crippen LogP) is 2.88. The van der Waals surface area contributed by atoms with Crippen LogP contribution in [0.15, 0.2) is 48.5 Å². The quantitative estimate of drug-likeness (QED) is 0.868. The number of nitrogens with one attached hydrogen (secondary N) is 1. The number of amides is 1. The summed E-state index contributed by atoms with van der Waals surface area (Å²) in [4.78, 5) is 11.8. The fourth-order valence-corrected chi connectivity index (χ4v) is 1.78. The Morgan fingerprint density at radius 3 is 2.67 bits per heavy atom. The van der Waals surface area contributed by atoms with E-state index in [1.807, 2.05) is 37.3 Å². The zero-order valence-electron chi connectivity index (χ0n) is 10.2. The molecule has 2 rings (SSSR count). The van der Waals surface area contributed by atoms with Crippen molar-refractivity contribution in [3.05, 3.63) is 59.7 Å². The van der Waals surface area contributed by atoms with E-state index in [0.717, 1.165) is 16.8 Å². The molecule has 0 unspecified atom stereocenters. The Morgan fingerprint density at radius 1 is 1.17 bits per heavy atom. The fourth-order valence-electron chi connectivity index (χ4n) is 1.78. The molecule has 3 heteroatoms. The largest absolute Gasteiger partial charge is 0.508 e. The molecule has 0 aromatic heterocycles. The van der Waals surface area contributed by atoms with Crippen LogP contribution in [0.2, 0.25) is 0 Å². The third-order valence-corrected chi connectivity index (χ3v) is 2.58. The Kier molecular flexibility index (Phi) is 3.63. The summed E-state index contributed by atoms with van der Waals surface area (Å²) >= 11 is 0. The van der Waals surface area contributed by atoms with E-state index in [2.05, 4.69) is 5.32 Å². The molecule has 0 aliphatic rings. The molecule has 0 saturated heterocycles. The number of phenolic OH excluding ortho intramolecular Hbond substituents is 1. The van der Waals surface area contributed by atoms with Gasteiger partial charge in [-0.2, -0.15) is 0 Å². The molecule has 0 bridgehead atoms. The zero-order chi connectivity index (χ0) is 13.0. The average molecular weight is 241 g/mol. The SMILES string of the molecule is Cc1cccc(NC(=O)Cc2cccc(O)c2)c1. The van der Waals surface area contributed by atoms with E-state index in [1.165, 1.54) is 0 Å². The molecule has 2 aromatic rings. The maximum absolute atomic E-state index is 11.8. The topological polar surface area (TPSA) is 49.3 Å². The predicted molar refractivity (Wildman–Crippen MR) is 71.6 cm³/mol. The van der Waals surface area contributed by atoms with Crippen LogP contribution in [0.3, 0.4) is 0 Å². The minimum atomic E-state index is -0.0915. The lowest BCUT2D eigenvalue weighted by Gasteiger charge is -2.06. The van der Waals surface area contributed by atoms with Gasteiger partial charge in [0.2, 0.25) is 5.91 Å². The Morgan fingerprint density at radius 2 is 1.94 bits per heavy atom. The first-order valence-corrected chi connectivity index (χ1v) is 5.78. The molecule has 0 spiro atoms. The van der Waals surface area contributed by atoms with Crippen LogP contribution in [0.5, 0.6) is 5.75 Å². The molecule has 2 N–H and O–H groups in total. The molecule has 0 aliphatic carbocycles. The van der Waals surface area contributed by atoms with E-state index in [1.54, 1.807) is 18.2 Å². The standard InChI is InChI=1S/C15H15NO2/c1-11-4-2-6-13(8-11)16-15(18)10-12-5-3-7-14(17)9-12/h2-9,17H,10H2,1H3,(H,16,18). The summed E-state index contributed by atoms with van der Waals surface area (Å²) in [5, 5.41) is 12.2. The van der Waals surface area contributed by atoms with Gasteiger partial charge in [-0.15, -0.1) is 0 Å². The van der Waals surface area contributed by atoms with Crippen molar-refractivity contribution in [3.63, 3.8) is 0 Å². The second-order valence-corrected chi connectivity index (χ2v) is 4.26. The van der Waals surface area contributed by atoms with Crippen LogP contribution in [0.25, 0.3) is 0 Å². The van der Waals surface area contributed by atoms with Gasteiger partial charge in [0, 0.05) is 5.69 Å². The molecule has 0 aliphatic heterocycles. The molecule has 3 nitrogen and oxygen atoms in total. The maximum Gasteiger partial charge on any atom is 0.228 e.